The highest BCUT2D eigenvalue weighted by Crippen LogP contribution is 2.30. The number of hydrogen-bond donors (Lipinski definition) is 1. The van der Waals surface area contributed by atoms with Gasteiger partial charge in [-0.3, -0.25) is 0 Å². The molecule has 1 amide bonds. The number of ether oxygens (including phenoxy) is 1. The number of amides is 1. The molecule has 0 aromatic carbocycles. The highest BCUT2D eigenvalue weighted by Gasteiger charge is 2.38. The molecule has 1 saturated heterocycles. The van der Waals surface area contributed by atoms with Gasteiger partial charge in [0.05, 0.1) is 6.61 Å². The van der Waals surface area contributed by atoms with E-state index >= 15 is 0 Å². The van der Waals surface area contributed by atoms with Crippen molar-refractivity contribution in [3.8, 4) is 0 Å². The lowest BCUT2D eigenvalue weighted by Crippen LogP contribution is -2.46. The molecule has 20 heavy (non-hydrogen) atoms. The summed E-state index contributed by atoms with van der Waals surface area (Å²) in [6.45, 7) is 3.42. The molecular weight excluding hydrogens is 258 g/mol. The molecule has 2 heterocycles. The second kappa shape index (κ2) is 6.65. The molecular formula is C14H21N3O3. The Morgan fingerprint density at radius 2 is 2.05 bits per heavy atom. The first-order valence-electron chi connectivity index (χ1n) is 7.07. The molecule has 2 rings (SSSR count). The van der Waals surface area contributed by atoms with Crippen LogP contribution in [0.3, 0.4) is 0 Å². The van der Waals surface area contributed by atoms with Crippen LogP contribution in [0.15, 0.2) is 18.5 Å². The smallest absolute Gasteiger partial charge is 0.409 e. The van der Waals surface area contributed by atoms with Gasteiger partial charge in [0.25, 0.3) is 0 Å². The Hall–Kier alpha value is -1.69. The van der Waals surface area contributed by atoms with Gasteiger partial charge in [0.1, 0.15) is 5.60 Å². The predicted octanol–water partition coefficient (Wildman–Crippen LogP) is 1.70. The van der Waals surface area contributed by atoms with E-state index in [1.165, 1.54) is 0 Å². The fourth-order valence-corrected chi connectivity index (χ4v) is 2.22. The first-order valence-corrected chi connectivity index (χ1v) is 7.07. The van der Waals surface area contributed by atoms with Crippen molar-refractivity contribution >= 4 is 6.09 Å². The van der Waals surface area contributed by atoms with Crippen LogP contribution in [0, 0.1) is 0 Å². The van der Waals surface area contributed by atoms with E-state index in [2.05, 4.69) is 16.9 Å². The number of piperidine rings is 1. The number of hydrogen-bond acceptors (Lipinski definition) is 5. The summed E-state index contributed by atoms with van der Waals surface area (Å²) >= 11 is 0. The molecule has 6 heteroatoms. The number of aromatic nitrogens is 2. The zero-order chi connectivity index (χ0) is 14.4. The lowest BCUT2D eigenvalue weighted by molar-refractivity contribution is -0.0315. The summed E-state index contributed by atoms with van der Waals surface area (Å²) in [5.74, 6) is 0.430. The van der Waals surface area contributed by atoms with Crippen molar-refractivity contribution in [1.29, 1.82) is 0 Å². The van der Waals surface area contributed by atoms with E-state index in [0.29, 0.717) is 38.4 Å². The van der Waals surface area contributed by atoms with Crippen LogP contribution in [0.25, 0.3) is 0 Å². The third-order valence-electron chi connectivity index (χ3n) is 3.55. The van der Waals surface area contributed by atoms with E-state index in [-0.39, 0.29) is 6.09 Å². The zero-order valence-electron chi connectivity index (χ0n) is 11.8. The molecule has 0 radical (unpaired) electrons. The topological polar surface area (TPSA) is 75.5 Å². The monoisotopic (exact) mass is 279 g/mol. The lowest BCUT2D eigenvalue weighted by atomic mass is 9.90. The van der Waals surface area contributed by atoms with Crippen LogP contribution in [0.1, 0.15) is 38.4 Å². The quantitative estimate of drug-likeness (QED) is 0.849. The third kappa shape index (κ3) is 3.45. The number of carbonyl (C=O) groups excluding carboxylic acids is 1. The maximum atomic E-state index is 11.8. The molecule has 0 spiro atoms. The number of carbonyl (C=O) groups is 1. The van der Waals surface area contributed by atoms with E-state index < -0.39 is 5.60 Å². The van der Waals surface area contributed by atoms with Crippen LogP contribution in [0.4, 0.5) is 4.79 Å². The van der Waals surface area contributed by atoms with E-state index in [1.54, 1.807) is 23.4 Å². The maximum Gasteiger partial charge on any atom is 0.409 e. The summed E-state index contributed by atoms with van der Waals surface area (Å²) in [6.07, 6.45) is 5.67. The summed E-state index contributed by atoms with van der Waals surface area (Å²) in [7, 11) is 0. The maximum absolute atomic E-state index is 11.8. The molecule has 0 bridgehead atoms. The number of rotatable bonds is 4. The van der Waals surface area contributed by atoms with E-state index in [1.807, 2.05) is 0 Å². The fraction of sp³-hybridized carbons (Fsp3) is 0.643. The molecule has 0 aliphatic carbocycles. The summed E-state index contributed by atoms with van der Waals surface area (Å²) in [5.41, 5.74) is -1.04. The highest BCUT2D eigenvalue weighted by molar-refractivity contribution is 5.67. The summed E-state index contributed by atoms with van der Waals surface area (Å²) in [4.78, 5) is 21.7. The summed E-state index contributed by atoms with van der Waals surface area (Å²) in [6, 6.07) is 1.72. The Bertz CT molecular complexity index is 431. The molecule has 1 aliphatic rings. The molecule has 1 N–H and O–H groups in total. The van der Waals surface area contributed by atoms with Crippen molar-refractivity contribution in [3.63, 3.8) is 0 Å². The first-order chi connectivity index (χ1) is 9.65. The molecule has 1 aromatic heterocycles. The minimum Gasteiger partial charge on any atom is -0.449 e. The molecule has 1 fully saturated rings. The normalized spacial score (nSPS) is 17.8. The highest BCUT2D eigenvalue weighted by atomic mass is 16.6. The molecule has 6 nitrogen and oxygen atoms in total. The molecule has 1 aliphatic heterocycles. The average Bonchev–Trinajstić information content (AvgIpc) is 2.49. The van der Waals surface area contributed by atoms with Gasteiger partial charge in [-0.1, -0.05) is 13.3 Å². The van der Waals surface area contributed by atoms with E-state index in [0.717, 1.165) is 12.8 Å². The van der Waals surface area contributed by atoms with Gasteiger partial charge in [-0.05, 0) is 12.5 Å². The van der Waals surface area contributed by atoms with Gasteiger partial charge in [0, 0.05) is 38.3 Å². The Labute approximate surface area is 118 Å². The van der Waals surface area contributed by atoms with Crippen LogP contribution in [-0.2, 0) is 10.3 Å². The van der Waals surface area contributed by atoms with Crippen molar-refractivity contribution < 1.29 is 14.6 Å². The Morgan fingerprint density at radius 3 is 2.65 bits per heavy atom. The Morgan fingerprint density at radius 1 is 1.40 bits per heavy atom. The van der Waals surface area contributed by atoms with Crippen LogP contribution in [0.5, 0.6) is 0 Å². The Balaban J connectivity index is 1.87. The van der Waals surface area contributed by atoms with Gasteiger partial charge in [-0.2, -0.15) is 0 Å². The largest absolute Gasteiger partial charge is 0.449 e. The van der Waals surface area contributed by atoms with Crippen molar-refractivity contribution in [2.75, 3.05) is 19.7 Å². The van der Waals surface area contributed by atoms with Crippen molar-refractivity contribution in [2.45, 2.75) is 38.2 Å². The minimum atomic E-state index is -1.04. The number of aliphatic hydroxyl groups is 1. The van der Waals surface area contributed by atoms with Gasteiger partial charge in [0.2, 0.25) is 0 Å². The van der Waals surface area contributed by atoms with Gasteiger partial charge >= 0.3 is 6.09 Å². The van der Waals surface area contributed by atoms with Crippen LogP contribution < -0.4 is 0 Å². The van der Waals surface area contributed by atoms with Crippen molar-refractivity contribution in [3.05, 3.63) is 24.3 Å². The second-order valence-electron chi connectivity index (χ2n) is 5.06. The standard InChI is InChI=1S/C14H21N3O3/c1-2-3-11-20-13(18)17-9-5-14(19,6-10-17)12-15-7-4-8-16-12/h4,7-8,19H,2-3,5-6,9-11H2,1H3. The van der Waals surface area contributed by atoms with Gasteiger partial charge in [-0.25, -0.2) is 14.8 Å². The van der Waals surface area contributed by atoms with Crippen molar-refractivity contribution in [1.82, 2.24) is 14.9 Å². The van der Waals surface area contributed by atoms with Gasteiger partial charge < -0.3 is 14.7 Å². The third-order valence-corrected chi connectivity index (χ3v) is 3.55. The SMILES string of the molecule is CCCCOC(=O)N1CCC(O)(c2ncccn2)CC1. The van der Waals surface area contributed by atoms with Gasteiger partial charge in [-0.15, -0.1) is 0 Å². The minimum absolute atomic E-state index is 0.297. The molecule has 110 valence electrons. The number of nitrogens with zero attached hydrogens (tertiary/aromatic N) is 3. The summed E-state index contributed by atoms with van der Waals surface area (Å²) < 4.78 is 5.17. The number of likely N-dealkylation sites (tertiary alicyclic amines) is 1. The Kier molecular flexibility index (Phi) is 4.89. The summed E-state index contributed by atoms with van der Waals surface area (Å²) in [5, 5.41) is 10.6. The van der Waals surface area contributed by atoms with Gasteiger partial charge in [0.15, 0.2) is 5.82 Å². The van der Waals surface area contributed by atoms with Crippen LogP contribution >= 0.6 is 0 Å². The molecule has 0 unspecified atom stereocenters. The molecule has 0 atom stereocenters. The fourth-order valence-electron chi connectivity index (χ4n) is 2.22. The van der Waals surface area contributed by atoms with Crippen LogP contribution in [-0.4, -0.2) is 45.8 Å². The lowest BCUT2D eigenvalue weighted by Gasteiger charge is -2.36. The zero-order valence-corrected chi connectivity index (χ0v) is 11.8. The van der Waals surface area contributed by atoms with Crippen molar-refractivity contribution in [2.24, 2.45) is 0 Å². The second-order valence-corrected chi connectivity index (χ2v) is 5.06. The molecule has 0 saturated carbocycles. The van der Waals surface area contributed by atoms with E-state index in [4.69, 9.17) is 4.74 Å². The number of unbranched alkanes of at least 4 members (excludes halogenated alkanes) is 1. The average molecular weight is 279 g/mol. The van der Waals surface area contributed by atoms with Crippen LogP contribution in [0.2, 0.25) is 0 Å². The first kappa shape index (κ1) is 14.7. The van der Waals surface area contributed by atoms with E-state index in [9.17, 15) is 9.90 Å². The molecule has 1 aromatic rings. The predicted molar refractivity (Wildman–Crippen MR) is 73.0 cm³/mol.